The van der Waals surface area contributed by atoms with E-state index in [0.29, 0.717) is 0 Å². The number of nitrogens with two attached hydrogens (primary N) is 1. The Morgan fingerprint density at radius 1 is 1.47 bits per heavy atom. The molecule has 0 rings (SSSR count). The molecule has 0 radical (unpaired) electrons. The van der Waals surface area contributed by atoms with Crippen LogP contribution in [0.25, 0.3) is 0 Å². The molecule has 0 aliphatic carbocycles. The number of methoxy groups -OCH3 is 2. The van der Waals surface area contributed by atoms with Crippen molar-refractivity contribution in [3.63, 3.8) is 0 Å². The van der Waals surface area contributed by atoms with E-state index in [1.807, 2.05) is 0 Å². The van der Waals surface area contributed by atoms with E-state index in [1.54, 1.807) is 0 Å². The molecule has 2 atom stereocenters. The average Bonchev–Trinajstić information content (AvgIpc) is 2.18. The standard InChI is InChI=1S/C8H16N2O5/c1-14-4-5(8(12)13)10-7(11)6(3-9)15-2/h5-6H,3-4,9H2,1-2H3,(H,10,11)(H,12,13). The first-order valence-electron chi connectivity index (χ1n) is 4.31. The number of carbonyl (C=O) groups excluding carboxylic acids is 1. The molecule has 7 heteroatoms. The van der Waals surface area contributed by atoms with Crippen molar-refractivity contribution in [1.82, 2.24) is 5.32 Å². The summed E-state index contributed by atoms with van der Waals surface area (Å²) in [5.74, 6) is -1.73. The van der Waals surface area contributed by atoms with Crippen LogP contribution in [-0.2, 0) is 19.1 Å². The number of rotatable bonds is 7. The van der Waals surface area contributed by atoms with Gasteiger partial charge >= 0.3 is 5.97 Å². The van der Waals surface area contributed by atoms with Crippen molar-refractivity contribution in [3.8, 4) is 0 Å². The van der Waals surface area contributed by atoms with Crippen molar-refractivity contribution in [1.29, 1.82) is 0 Å². The summed E-state index contributed by atoms with van der Waals surface area (Å²) in [6.07, 6.45) is -0.844. The van der Waals surface area contributed by atoms with Gasteiger partial charge in [-0.15, -0.1) is 0 Å². The third kappa shape index (κ3) is 4.73. The molecular weight excluding hydrogens is 204 g/mol. The second-order valence-corrected chi connectivity index (χ2v) is 2.81. The van der Waals surface area contributed by atoms with Crippen LogP contribution in [0.4, 0.5) is 0 Å². The van der Waals surface area contributed by atoms with Crippen molar-refractivity contribution in [2.75, 3.05) is 27.4 Å². The van der Waals surface area contributed by atoms with E-state index in [1.165, 1.54) is 14.2 Å². The molecule has 0 aliphatic heterocycles. The van der Waals surface area contributed by atoms with Gasteiger partial charge in [0.15, 0.2) is 6.04 Å². The van der Waals surface area contributed by atoms with Crippen LogP contribution in [0.2, 0.25) is 0 Å². The molecule has 1 amide bonds. The molecule has 0 saturated heterocycles. The number of aliphatic carboxylic acids is 1. The van der Waals surface area contributed by atoms with Gasteiger partial charge in [-0.3, -0.25) is 4.79 Å². The SMILES string of the molecule is COCC(NC(=O)C(CN)OC)C(=O)O. The van der Waals surface area contributed by atoms with Gasteiger partial charge in [-0.2, -0.15) is 0 Å². The van der Waals surface area contributed by atoms with Crippen molar-refractivity contribution in [3.05, 3.63) is 0 Å². The van der Waals surface area contributed by atoms with Gasteiger partial charge in [0.1, 0.15) is 6.10 Å². The van der Waals surface area contributed by atoms with Crippen LogP contribution in [0.3, 0.4) is 0 Å². The van der Waals surface area contributed by atoms with Gasteiger partial charge in [0, 0.05) is 20.8 Å². The summed E-state index contributed by atoms with van der Waals surface area (Å²) in [6.45, 7) is -0.121. The third-order valence-corrected chi connectivity index (χ3v) is 1.74. The lowest BCUT2D eigenvalue weighted by molar-refractivity contribution is -0.145. The maximum absolute atomic E-state index is 11.4. The van der Waals surface area contributed by atoms with E-state index in [0.717, 1.165) is 0 Å². The number of carboxylic acids is 1. The van der Waals surface area contributed by atoms with Crippen molar-refractivity contribution in [2.45, 2.75) is 12.1 Å². The first-order valence-corrected chi connectivity index (χ1v) is 4.31. The topological polar surface area (TPSA) is 111 Å². The first kappa shape index (κ1) is 13.8. The molecule has 0 fully saturated rings. The number of carboxylic acid groups (broad SMARTS) is 1. The highest BCUT2D eigenvalue weighted by atomic mass is 16.5. The smallest absolute Gasteiger partial charge is 0.328 e. The lowest BCUT2D eigenvalue weighted by Gasteiger charge is -2.17. The molecule has 0 spiro atoms. The predicted molar refractivity (Wildman–Crippen MR) is 51.3 cm³/mol. The van der Waals surface area contributed by atoms with Crippen LogP contribution in [0.1, 0.15) is 0 Å². The van der Waals surface area contributed by atoms with Gasteiger partial charge in [0.2, 0.25) is 0 Å². The van der Waals surface area contributed by atoms with Gasteiger partial charge in [-0.1, -0.05) is 0 Å². The van der Waals surface area contributed by atoms with Crippen LogP contribution in [-0.4, -0.2) is 56.5 Å². The van der Waals surface area contributed by atoms with Gasteiger partial charge in [0.25, 0.3) is 5.91 Å². The molecule has 0 bridgehead atoms. The van der Waals surface area contributed by atoms with E-state index in [-0.39, 0.29) is 13.2 Å². The zero-order valence-electron chi connectivity index (χ0n) is 8.73. The molecule has 0 saturated carbocycles. The summed E-state index contributed by atoms with van der Waals surface area (Å²) < 4.78 is 9.39. The van der Waals surface area contributed by atoms with E-state index < -0.39 is 24.0 Å². The highest BCUT2D eigenvalue weighted by molar-refractivity contribution is 5.86. The molecule has 15 heavy (non-hydrogen) atoms. The van der Waals surface area contributed by atoms with Gasteiger partial charge in [-0.25, -0.2) is 4.79 Å². The number of hydrogen-bond acceptors (Lipinski definition) is 5. The number of amides is 1. The minimum atomic E-state index is -1.17. The summed E-state index contributed by atoms with van der Waals surface area (Å²) in [5, 5.41) is 11.0. The van der Waals surface area contributed by atoms with Crippen molar-refractivity contribution >= 4 is 11.9 Å². The number of nitrogens with one attached hydrogen (secondary N) is 1. The van der Waals surface area contributed by atoms with Gasteiger partial charge < -0.3 is 25.6 Å². The third-order valence-electron chi connectivity index (χ3n) is 1.74. The summed E-state index contributed by atoms with van der Waals surface area (Å²) in [6, 6.07) is -1.09. The highest BCUT2D eigenvalue weighted by Crippen LogP contribution is 1.91. The molecule has 7 nitrogen and oxygen atoms in total. The van der Waals surface area contributed by atoms with Crippen LogP contribution < -0.4 is 11.1 Å². The number of hydrogen-bond donors (Lipinski definition) is 3. The largest absolute Gasteiger partial charge is 0.480 e. The van der Waals surface area contributed by atoms with Crippen molar-refractivity contribution < 1.29 is 24.2 Å². The summed E-state index contributed by atoms with van der Waals surface area (Å²) in [4.78, 5) is 22.0. The van der Waals surface area contributed by atoms with Crippen LogP contribution in [0.15, 0.2) is 0 Å². The van der Waals surface area contributed by atoms with E-state index in [2.05, 4.69) is 10.1 Å². The fourth-order valence-electron chi connectivity index (χ4n) is 0.916. The Morgan fingerprint density at radius 3 is 2.40 bits per heavy atom. The Hall–Kier alpha value is -1.18. The van der Waals surface area contributed by atoms with Gasteiger partial charge in [-0.05, 0) is 0 Å². The highest BCUT2D eigenvalue weighted by Gasteiger charge is 2.24. The monoisotopic (exact) mass is 220 g/mol. The fraction of sp³-hybridized carbons (Fsp3) is 0.750. The summed E-state index contributed by atoms with van der Waals surface area (Å²) in [5.41, 5.74) is 5.25. The van der Waals surface area contributed by atoms with Crippen molar-refractivity contribution in [2.24, 2.45) is 5.73 Å². The lowest BCUT2D eigenvalue weighted by atomic mass is 10.2. The quantitative estimate of drug-likeness (QED) is 0.465. The molecule has 0 aromatic carbocycles. The fourth-order valence-corrected chi connectivity index (χ4v) is 0.916. The van der Waals surface area contributed by atoms with E-state index in [4.69, 9.17) is 15.6 Å². The number of ether oxygens (including phenoxy) is 2. The zero-order chi connectivity index (χ0) is 11.8. The molecule has 0 heterocycles. The lowest BCUT2D eigenvalue weighted by Crippen LogP contribution is -2.50. The molecule has 0 aromatic rings. The molecule has 4 N–H and O–H groups in total. The molecular formula is C8H16N2O5. The molecule has 88 valence electrons. The molecule has 0 aliphatic rings. The predicted octanol–water partition coefficient (Wildman–Crippen LogP) is -1.82. The van der Waals surface area contributed by atoms with E-state index in [9.17, 15) is 9.59 Å². The first-order chi connectivity index (χ1) is 7.06. The minimum Gasteiger partial charge on any atom is -0.480 e. The summed E-state index contributed by atoms with van der Waals surface area (Å²) in [7, 11) is 2.67. The van der Waals surface area contributed by atoms with Crippen LogP contribution >= 0.6 is 0 Å². The maximum Gasteiger partial charge on any atom is 0.328 e. The Morgan fingerprint density at radius 2 is 2.07 bits per heavy atom. The van der Waals surface area contributed by atoms with E-state index >= 15 is 0 Å². The Bertz CT molecular complexity index is 217. The summed E-state index contributed by atoms with van der Waals surface area (Å²) >= 11 is 0. The Kier molecular flexibility index (Phi) is 6.59. The second kappa shape index (κ2) is 7.16. The average molecular weight is 220 g/mol. The Balaban J connectivity index is 4.27. The maximum atomic E-state index is 11.4. The number of carbonyl (C=O) groups is 2. The molecule has 2 unspecified atom stereocenters. The normalized spacial score (nSPS) is 14.3. The van der Waals surface area contributed by atoms with Crippen LogP contribution in [0.5, 0.6) is 0 Å². The zero-order valence-corrected chi connectivity index (χ0v) is 8.73. The second-order valence-electron chi connectivity index (χ2n) is 2.81. The van der Waals surface area contributed by atoms with Gasteiger partial charge in [0.05, 0.1) is 6.61 Å². The van der Waals surface area contributed by atoms with Crippen LogP contribution in [0, 0.1) is 0 Å². The minimum absolute atomic E-state index is 0.0122. The molecule has 0 aromatic heterocycles. The Labute approximate surface area is 87.5 Å².